The van der Waals surface area contributed by atoms with Gasteiger partial charge in [-0.3, -0.25) is 14.7 Å². The predicted molar refractivity (Wildman–Crippen MR) is 115 cm³/mol. The maximum Gasteiger partial charge on any atom is 0.234 e. The highest BCUT2D eigenvalue weighted by Crippen LogP contribution is 2.29. The molecule has 0 aliphatic rings. The van der Waals surface area contributed by atoms with Gasteiger partial charge < -0.3 is 20.1 Å². The molecule has 3 aromatic rings. The zero-order valence-electron chi connectivity index (χ0n) is 16.7. The average molecular weight is 427 g/mol. The van der Waals surface area contributed by atoms with Crippen molar-refractivity contribution < 1.29 is 19.1 Å². The fourth-order valence-electron chi connectivity index (χ4n) is 2.62. The molecule has 0 saturated heterocycles. The van der Waals surface area contributed by atoms with E-state index < -0.39 is 0 Å². The fraction of sp³-hybridized carbons (Fsp3) is 0.200. The molecule has 0 saturated carbocycles. The van der Waals surface area contributed by atoms with Crippen molar-refractivity contribution in [2.45, 2.75) is 12.1 Å². The number of benzene rings is 2. The van der Waals surface area contributed by atoms with Crippen molar-refractivity contribution in [1.29, 1.82) is 0 Å². The lowest BCUT2D eigenvalue weighted by Gasteiger charge is -2.11. The Labute approximate surface area is 177 Å². The second-order valence-corrected chi connectivity index (χ2v) is 7.07. The number of anilines is 2. The highest BCUT2D eigenvalue weighted by molar-refractivity contribution is 7.99. The zero-order valence-corrected chi connectivity index (χ0v) is 17.5. The first-order valence-electron chi connectivity index (χ1n) is 8.93. The Hall–Kier alpha value is -3.53. The third-order valence-electron chi connectivity index (χ3n) is 3.93. The Kier molecular flexibility index (Phi) is 6.91. The Morgan fingerprint density at radius 2 is 1.93 bits per heavy atom. The van der Waals surface area contributed by atoms with Gasteiger partial charge in [0.05, 0.1) is 25.7 Å². The number of nitrogens with zero attached hydrogens (tertiary/aromatic N) is 2. The molecule has 9 nitrogen and oxygen atoms in total. The molecule has 0 radical (unpaired) electrons. The van der Waals surface area contributed by atoms with Crippen molar-refractivity contribution in [2.24, 2.45) is 0 Å². The molecule has 0 fully saturated rings. The second kappa shape index (κ2) is 9.79. The number of nitrogens with one attached hydrogen (secondary N) is 3. The molecule has 30 heavy (non-hydrogen) atoms. The molecule has 1 aromatic heterocycles. The van der Waals surface area contributed by atoms with Gasteiger partial charge in [0.1, 0.15) is 11.5 Å². The van der Waals surface area contributed by atoms with Crippen LogP contribution in [0, 0.1) is 0 Å². The van der Waals surface area contributed by atoms with E-state index in [2.05, 4.69) is 25.8 Å². The van der Waals surface area contributed by atoms with Gasteiger partial charge in [-0.1, -0.05) is 23.9 Å². The standard InChI is InChI=1S/C20H21N5O4S/c1-12(26)21-14-6-4-5-13(9-14)19-23-20(25-24-19)30-11-18(27)22-16-10-15(28-2)7-8-17(16)29-3/h4-10H,11H2,1-3H3,(H,21,26)(H,22,27)(H,23,24,25). The van der Waals surface area contributed by atoms with E-state index in [1.165, 1.54) is 25.8 Å². The highest BCUT2D eigenvalue weighted by atomic mass is 32.2. The maximum atomic E-state index is 12.3. The first-order valence-corrected chi connectivity index (χ1v) is 9.92. The van der Waals surface area contributed by atoms with E-state index in [-0.39, 0.29) is 17.6 Å². The normalized spacial score (nSPS) is 10.4. The largest absolute Gasteiger partial charge is 0.497 e. The van der Waals surface area contributed by atoms with E-state index in [1.54, 1.807) is 37.4 Å². The summed E-state index contributed by atoms with van der Waals surface area (Å²) >= 11 is 1.19. The van der Waals surface area contributed by atoms with Crippen molar-refractivity contribution >= 4 is 35.0 Å². The minimum absolute atomic E-state index is 0.115. The van der Waals surface area contributed by atoms with E-state index in [9.17, 15) is 9.59 Å². The van der Waals surface area contributed by atoms with Crippen molar-refractivity contribution in [2.75, 3.05) is 30.6 Å². The van der Waals surface area contributed by atoms with Crippen molar-refractivity contribution in [3.8, 4) is 22.9 Å². The quantitative estimate of drug-likeness (QED) is 0.473. The van der Waals surface area contributed by atoms with Crippen molar-refractivity contribution in [3.05, 3.63) is 42.5 Å². The molecule has 0 aliphatic heterocycles. The predicted octanol–water partition coefficient (Wildman–Crippen LogP) is 3.18. The van der Waals surface area contributed by atoms with Crippen LogP contribution in [0.15, 0.2) is 47.6 Å². The lowest BCUT2D eigenvalue weighted by Crippen LogP contribution is -2.15. The molecule has 3 rings (SSSR count). The summed E-state index contributed by atoms with van der Waals surface area (Å²) in [5.41, 5.74) is 1.95. The molecule has 0 bridgehead atoms. The van der Waals surface area contributed by atoms with E-state index in [4.69, 9.17) is 9.47 Å². The molecule has 156 valence electrons. The number of methoxy groups -OCH3 is 2. The van der Waals surface area contributed by atoms with Crippen LogP contribution in [0.3, 0.4) is 0 Å². The summed E-state index contributed by atoms with van der Waals surface area (Å²) in [5, 5.41) is 12.9. The lowest BCUT2D eigenvalue weighted by atomic mass is 10.2. The van der Waals surface area contributed by atoms with Crippen LogP contribution >= 0.6 is 11.8 Å². The Morgan fingerprint density at radius 3 is 2.67 bits per heavy atom. The van der Waals surface area contributed by atoms with Gasteiger partial charge in [0.15, 0.2) is 5.82 Å². The summed E-state index contributed by atoms with van der Waals surface area (Å²) in [6.07, 6.45) is 0. The number of carbonyl (C=O) groups is 2. The van der Waals surface area contributed by atoms with Gasteiger partial charge >= 0.3 is 0 Å². The summed E-state index contributed by atoms with van der Waals surface area (Å²) < 4.78 is 10.4. The molecule has 2 amide bonds. The summed E-state index contributed by atoms with van der Waals surface area (Å²) in [6, 6.07) is 12.4. The van der Waals surface area contributed by atoms with Gasteiger partial charge in [-0.25, -0.2) is 4.98 Å². The molecular weight excluding hydrogens is 406 g/mol. The van der Waals surface area contributed by atoms with Crippen LogP contribution in [0.1, 0.15) is 6.92 Å². The molecule has 0 aliphatic carbocycles. The van der Waals surface area contributed by atoms with Gasteiger partial charge in [-0.05, 0) is 24.3 Å². The van der Waals surface area contributed by atoms with Gasteiger partial charge in [-0.15, -0.1) is 5.10 Å². The monoisotopic (exact) mass is 427 g/mol. The number of aromatic amines is 1. The van der Waals surface area contributed by atoms with Gasteiger partial charge in [0.2, 0.25) is 17.0 Å². The van der Waals surface area contributed by atoms with Crippen LogP contribution in [0.2, 0.25) is 0 Å². The van der Waals surface area contributed by atoms with E-state index in [1.807, 2.05) is 12.1 Å². The van der Waals surface area contributed by atoms with Crippen molar-refractivity contribution in [1.82, 2.24) is 15.2 Å². The van der Waals surface area contributed by atoms with E-state index in [0.717, 1.165) is 5.56 Å². The average Bonchev–Trinajstić information content (AvgIpc) is 3.21. The molecule has 0 atom stereocenters. The van der Waals surface area contributed by atoms with Crippen LogP contribution in [0.5, 0.6) is 11.5 Å². The number of hydrogen-bond acceptors (Lipinski definition) is 7. The number of carbonyl (C=O) groups excluding carboxylic acids is 2. The third kappa shape index (κ3) is 5.51. The first-order chi connectivity index (χ1) is 14.5. The van der Waals surface area contributed by atoms with E-state index in [0.29, 0.717) is 33.9 Å². The lowest BCUT2D eigenvalue weighted by molar-refractivity contribution is -0.114. The Bertz CT molecular complexity index is 1050. The summed E-state index contributed by atoms with van der Waals surface area (Å²) in [5.74, 6) is 1.42. The number of H-pyrrole nitrogens is 1. The third-order valence-corrected chi connectivity index (χ3v) is 4.78. The minimum atomic E-state index is -0.231. The Morgan fingerprint density at radius 1 is 1.10 bits per heavy atom. The van der Waals surface area contributed by atoms with Crippen LogP contribution in [-0.2, 0) is 9.59 Å². The highest BCUT2D eigenvalue weighted by Gasteiger charge is 2.12. The van der Waals surface area contributed by atoms with Gasteiger partial charge in [0, 0.05) is 24.2 Å². The van der Waals surface area contributed by atoms with Crippen LogP contribution < -0.4 is 20.1 Å². The van der Waals surface area contributed by atoms with Crippen LogP contribution in [-0.4, -0.2) is 47.0 Å². The Balaban J connectivity index is 1.62. The molecular formula is C20H21N5O4S. The molecule has 3 N–H and O–H groups in total. The topological polar surface area (TPSA) is 118 Å². The first kappa shape index (κ1) is 21.2. The number of hydrogen-bond donors (Lipinski definition) is 3. The SMILES string of the molecule is COc1ccc(OC)c(NC(=O)CSc2n[nH]c(-c3cccc(NC(C)=O)c3)n2)c1. The van der Waals surface area contributed by atoms with Crippen LogP contribution in [0.25, 0.3) is 11.4 Å². The second-order valence-electron chi connectivity index (χ2n) is 6.13. The summed E-state index contributed by atoms with van der Waals surface area (Å²) in [4.78, 5) is 28.0. The summed E-state index contributed by atoms with van der Waals surface area (Å²) in [7, 11) is 3.08. The smallest absolute Gasteiger partial charge is 0.234 e. The summed E-state index contributed by atoms with van der Waals surface area (Å²) in [6.45, 7) is 1.45. The van der Waals surface area contributed by atoms with Gasteiger partial charge in [0.25, 0.3) is 0 Å². The number of ether oxygens (including phenoxy) is 2. The number of aromatic nitrogens is 3. The van der Waals surface area contributed by atoms with Crippen LogP contribution in [0.4, 0.5) is 11.4 Å². The number of thioether (sulfide) groups is 1. The molecule has 10 heteroatoms. The van der Waals surface area contributed by atoms with Crippen molar-refractivity contribution in [3.63, 3.8) is 0 Å². The molecule has 0 unspecified atom stereocenters. The van der Waals surface area contributed by atoms with Gasteiger partial charge in [-0.2, -0.15) is 0 Å². The molecule has 2 aromatic carbocycles. The zero-order chi connectivity index (χ0) is 21.5. The van der Waals surface area contributed by atoms with E-state index >= 15 is 0 Å². The molecule has 0 spiro atoms. The minimum Gasteiger partial charge on any atom is -0.497 e. The number of rotatable bonds is 8. The fourth-order valence-corrected chi connectivity index (χ4v) is 3.21. The molecule has 1 heterocycles. The maximum absolute atomic E-state index is 12.3. The number of amides is 2.